The van der Waals surface area contributed by atoms with E-state index in [0.717, 1.165) is 11.1 Å². The third kappa shape index (κ3) is 1.29. The Kier molecular flexibility index (Phi) is 2.14. The Morgan fingerprint density at radius 2 is 1.27 bits per heavy atom. The van der Waals surface area contributed by atoms with E-state index in [0.29, 0.717) is 15.1 Å². The molecule has 0 N–H and O–H groups in total. The van der Waals surface area contributed by atoms with Crippen LogP contribution < -0.4 is 0 Å². The van der Waals surface area contributed by atoms with Gasteiger partial charge in [-0.2, -0.15) is 0 Å². The molecule has 0 fully saturated rings. The van der Waals surface area contributed by atoms with E-state index in [1.807, 2.05) is 0 Å². The molecule has 0 unspecified atom stereocenters. The van der Waals surface area contributed by atoms with Gasteiger partial charge in [-0.25, -0.2) is 0 Å². The fourth-order valence-electron chi connectivity index (χ4n) is 2.28. The minimum atomic E-state index is 0.230. The predicted molar refractivity (Wildman–Crippen MR) is 65.2 cm³/mol. The molecule has 0 heterocycles. The summed E-state index contributed by atoms with van der Waals surface area (Å²) in [5.74, 6) is 0.487. The van der Waals surface area contributed by atoms with Gasteiger partial charge >= 0.3 is 0 Å². The first-order chi connectivity index (χ1) is 7.18. The Hall–Kier alpha value is -0.430. The van der Waals surface area contributed by atoms with Gasteiger partial charge in [-0.15, -0.1) is 0 Å². The van der Waals surface area contributed by atoms with Crippen LogP contribution >= 0.6 is 34.8 Å². The van der Waals surface area contributed by atoms with E-state index in [4.69, 9.17) is 34.8 Å². The first kappa shape index (κ1) is 9.77. The molecule has 76 valence electrons. The highest BCUT2D eigenvalue weighted by molar-refractivity contribution is 6.44. The number of halogens is 3. The minimum absolute atomic E-state index is 0.230. The summed E-state index contributed by atoms with van der Waals surface area (Å²) >= 11 is 18.4. The summed E-state index contributed by atoms with van der Waals surface area (Å²) in [6, 6.07) is 1.73. The van der Waals surface area contributed by atoms with Crippen LogP contribution in [-0.4, -0.2) is 0 Å². The summed E-state index contributed by atoms with van der Waals surface area (Å²) in [6.07, 6.45) is 8.60. The van der Waals surface area contributed by atoms with Crippen molar-refractivity contribution in [2.75, 3.05) is 0 Å². The van der Waals surface area contributed by atoms with Crippen molar-refractivity contribution in [2.45, 2.75) is 11.8 Å². The second kappa shape index (κ2) is 3.28. The molecule has 1 aromatic rings. The molecule has 0 spiro atoms. The number of hydrogen-bond acceptors (Lipinski definition) is 0. The van der Waals surface area contributed by atoms with Gasteiger partial charge in [0, 0.05) is 16.9 Å². The molecule has 0 nitrogen and oxygen atoms in total. The first-order valence-electron chi connectivity index (χ1n) is 4.72. The SMILES string of the molecule is Clc1cc(Cl)c2c(c1Cl)C1C=CC2C=C1. The van der Waals surface area contributed by atoms with E-state index in [1.165, 1.54) is 0 Å². The third-order valence-electron chi connectivity index (χ3n) is 2.97. The number of allylic oxidation sites excluding steroid dienone is 4. The quantitative estimate of drug-likeness (QED) is 0.455. The first-order valence-corrected chi connectivity index (χ1v) is 5.86. The Labute approximate surface area is 103 Å². The van der Waals surface area contributed by atoms with Gasteiger partial charge in [-0.3, -0.25) is 0 Å². The van der Waals surface area contributed by atoms with E-state index in [2.05, 4.69) is 24.3 Å². The topological polar surface area (TPSA) is 0 Å². The zero-order valence-electron chi connectivity index (χ0n) is 7.68. The lowest BCUT2D eigenvalue weighted by atomic mass is 9.76. The van der Waals surface area contributed by atoms with Gasteiger partial charge in [0.1, 0.15) is 0 Å². The molecule has 0 amide bonds. The summed E-state index contributed by atoms with van der Waals surface area (Å²) in [7, 11) is 0. The summed E-state index contributed by atoms with van der Waals surface area (Å²) in [4.78, 5) is 0. The van der Waals surface area contributed by atoms with Crippen LogP contribution in [0.2, 0.25) is 15.1 Å². The minimum Gasteiger partial charge on any atom is -0.0839 e. The molecule has 3 aliphatic rings. The average molecular weight is 258 g/mol. The maximum atomic E-state index is 6.22. The van der Waals surface area contributed by atoms with Gasteiger partial charge in [0.15, 0.2) is 0 Å². The molecule has 0 aromatic heterocycles. The van der Waals surface area contributed by atoms with Gasteiger partial charge in [0.05, 0.1) is 10.0 Å². The van der Waals surface area contributed by atoms with E-state index in [9.17, 15) is 0 Å². The van der Waals surface area contributed by atoms with Crippen LogP contribution in [0.4, 0.5) is 0 Å². The molecular weight excluding hydrogens is 250 g/mol. The highest BCUT2D eigenvalue weighted by atomic mass is 35.5. The standard InChI is InChI=1S/C12H7Cl3/c13-8-5-9(14)12(15)11-7-3-1-6(2-4-7)10(8)11/h1-7H. The van der Waals surface area contributed by atoms with Crippen LogP contribution in [0.15, 0.2) is 30.4 Å². The smallest absolute Gasteiger partial charge is 0.0637 e. The van der Waals surface area contributed by atoms with E-state index in [1.54, 1.807) is 6.07 Å². The maximum Gasteiger partial charge on any atom is 0.0637 e. The Balaban J connectivity index is 2.36. The molecule has 15 heavy (non-hydrogen) atoms. The Bertz CT molecular complexity index is 486. The van der Waals surface area contributed by atoms with Crippen LogP contribution in [0.3, 0.4) is 0 Å². The Morgan fingerprint density at radius 1 is 0.733 bits per heavy atom. The van der Waals surface area contributed by atoms with Gasteiger partial charge < -0.3 is 0 Å². The third-order valence-corrected chi connectivity index (χ3v) is 4.08. The highest BCUT2D eigenvalue weighted by Crippen LogP contribution is 2.48. The van der Waals surface area contributed by atoms with E-state index in [-0.39, 0.29) is 11.8 Å². The zero-order valence-corrected chi connectivity index (χ0v) is 9.94. The number of hydrogen-bond donors (Lipinski definition) is 0. The molecular formula is C12H7Cl3. The van der Waals surface area contributed by atoms with Crippen molar-refractivity contribution in [3.8, 4) is 0 Å². The summed E-state index contributed by atoms with van der Waals surface area (Å²) in [5.41, 5.74) is 2.19. The van der Waals surface area contributed by atoms with Crippen molar-refractivity contribution < 1.29 is 0 Å². The van der Waals surface area contributed by atoms with Crippen LogP contribution in [0.1, 0.15) is 23.0 Å². The predicted octanol–water partition coefficient (Wildman–Crippen LogP) is 4.95. The summed E-state index contributed by atoms with van der Waals surface area (Å²) in [6.45, 7) is 0. The number of rotatable bonds is 0. The van der Waals surface area contributed by atoms with Crippen molar-refractivity contribution in [2.24, 2.45) is 0 Å². The molecule has 4 rings (SSSR count). The fraction of sp³-hybridized carbons (Fsp3) is 0.167. The van der Waals surface area contributed by atoms with Crippen LogP contribution in [0, 0.1) is 0 Å². The van der Waals surface area contributed by atoms with E-state index < -0.39 is 0 Å². The Morgan fingerprint density at radius 3 is 1.87 bits per heavy atom. The van der Waals surface area contributed by atoms with Gasteiger partial charge in [-0.05, 0) is 17.2 Å². The average Bonchev–Trinajstić information content (AvgIpc) is 2.26. The molecule has 3 aliphatic carbocycles. The molecule has 2 bridgehead atoms. The second-order valence-corrected chi connectivity index (χ2v) is 5.00. The fourth-order valence-corrected chi connectivity index (χ4v) is 3.17. The molecule has 3 heteroatoms. The van der Waals surface area contributed by atoms with Crippen molar-refractivity contribution in [1.82, 2.24) is 0 Å². The lowest BCUT2D eigenvalue weighted by Crippen LogP contribution is -2.13. The van der Waals surface area contributed by atoms with Crippen molar-refractivity contribution in [3.05, 3.63) is 56.6 Å². The van der Waals surface area contributed by atoms with Crippen LogP contribution in [0.5, 0.6) is 0 Å². The maximum absolute atomic E-state index is 6.22. The van der Waals surface area contributed by atoms with Gasteiger partial charge in [-0.1, -0.05) is 59.1 Å². The number of benzene rings is 1. The lowest BCUT2D eigenvalue weighted by Gasteiger charge is -2.30. The molecule has 0 aliphatic heterocycles. The molecule has 0 radical (unpaired) electrons. The largest absolute Gasteiger partial charge is 0.0839 e. The van der Waals surface area contributed by atoms with E-state index >= 15 is 0 Å². The van der Waals surface area contributed by atoms with Gasteiger partial charge in [0.2, 0.25) is 0 Å². The van der Waals surface area contributed by atoms with Crippen molar-refractivity contribution >= 4 is 34.8 Å². The monoisotopic (exact) mass is 256 g/mol. The summed E-state index contributed by atoms with van der Waals surface area (Å²) in [5, 5.41) is 1.89. The normalized spacial score (nSPS) is 25.8. The zero-order chi connectivity index (χ0) is 10.6. The van der Waals surface area contributed by atoms with Crippen molar-refractivity contribution in [1.29, 1.82) is 0 Å². The van der Waals surface area contributed by atoms with Gasteiger partial charge in [0.25, 0.3) is 0 Å². The highest BCUT2D eigenvalue weighted by Gasteiger charge is 2.29. The van der Waals surface area contributed by atoms with Crippen LogP contribution in [-0.2, 0) is 0 Å². The van der Waals surface area contributed by atoms with Crippen molar-refractivity contribution in [3.63, 3.8) is 0 Å². The lowest BCUT2D eigenvalue weighted by molar-refractivity contribution is 0.878. The molecule has 0 saturated heterocycles. The molecule has 1 aromatic carbocycles. The second-order valence-electron chi connectivity index (χ2n) is 3.80. The molecule has 0 atom stereocenters. The summed E-state index contributed by atoms with van der Waals surface area (Å²) < 4.78 is 0. The van der Waals surface area contributed by atoms with Crippen LogP contribution in [0.25, 0.3) is 0 Å². The molecule has 0 saturated carbocycles.